The first-order chi connectivity index (χ1) is 14.9. The lowest BCUT2D eigenvalue weighted by Crippen LogP contribution is -2.34. The summed E-state index contributed by atoms with van der Waals surface area (Å²) >= 11 is 1.35. The Morgan fingerprint density at radius 3 is 2.52 bits per heavy atom. The third-order valence-corrected chi connectivity index (χ3v) is 7.06. The molecule has 7 nitrogen and oxygen atoms in total. The third kappa shape index (κ3) is 3.83. The number of carbonyl (C=O) groups excluding carboxylic acids is 2. The number of aryl methyl sites for hydroxylation is 2. The van der Waals surface area contributed by atoms with Crippen LogP contribution in [0.4, 0.5) is 5.00 Å². The Morgan fingerprint density at radius 1 is 1.10 bits per heavy atom. The van der Waals surface area contributed by atoms with E-state index in [1.54, 1.807) is 13.2 Å². The van der Waals surface area contributed by atoms with E-state index in [2.05, 4.69) is 5.32 Å². The van der Waals surface area contributed by atoms with Crippen LogP contribution in [0.3, 0.4) is 0 Å². The molecular weight excluding hydrogens is 418 g/mol. The molecule has 0 aliphatic heterocycles. The number of nitrogens with one attached hydrogen (secondary N) is 1. The lowest BCUT2D eigenvalue weighted by atomic mass is 9.82. The molecule has 2 aliphatic rings. The van der Waals surface area contributed by atoms with E-state index in [0.717, 1.165) is 40.2 Å². The van der Waals surface area contributed by atoms with Crippen molar-refractivity contribution >= 4 is 34.2 Å². The van der Waals surface area contributed by atoms with Gasteiger partial charge < -0.3 is 19.9 Å². The van der Waals surface area contributed by atoms with E-state index in [1.165, 1.54) is 18.4 Å². The number of rotatable bonds is 5. The Bertz CT molecular complexity index is 1090. The molecule has 1 amide bonds. The van der Waals surface area contributed by atoms with E-state index >= 15 is 0 Å². The number of carboxylic acids is 1. The summed E-state index contributed by atoms with van der Waals surface area (Å²) in [6.45, 7) is 0. The second kappa shape index (κ2) is 8.55. The van der Waals surface area contributed by atoms with Crippen LogP contribution in [0, 0.1) is 11.8 Å². The van der Waals surface area contributed by atoms with Gasteiger partial charge in [0.2, 0.25) is 5.91 Å². The largest absolute Gasteiger partial charge is 0.497 e. The number of esters is 1. The van der Waals surface area contributed by atoms with Gasteiger partial charge >= 0.3 is 11.9 Å². The lowest BCUT2D eigenvalue weighted by molar-refractivity contribution is -0.146. The molecule has 0 saturated heterocycles. The van der Waals surface area contributed by atoms with Gasteiger partial charge in [-0.05, 0) is 48.9 Å². The molecule has 2 aliphatic carbocycles. The second-order valence-electron chi connectivity index (χ2n) is 7.60. The van der Waals surface area contributed by atoms with Crippen LogP contribution in [0.5, 0.6) is 5.75 Å². The Kier molecular flexibility index (Phi) is 5.82. The number of anilines is 1. The number of amides is 1. The number of carbonyl (C=O) groups is 3. The van der Waals surface area contributed by atoms with Crippen molar-refractivity contribution in [2.45, 2.75) is 25.7 Å². The number of thiophene rings is 1. The van der Waals surface area contributed by atoms with Crippen LogP contribution in [-0.4, -0.2) is 37.2 Å². The van der Waals surface area contributed by atoms with Crippen molar-refractivity contribution in [1.82, 2.24) is 0 Å². The van der Waals surface area contributed by atoms with Gasteiger partial charge in [0, 0.05) is 10.4 Å². The van der Waals surface area contributed by atoms with Gasteiger partial charge in [0.15, 0.2) is 0 Å². The highest BCUT2D eigenvalue weighted by Crippen LogP contribution is 2.46. The summed E-state index contributed by atoms with van der Waals surface area (Å²) in [4.78, 5) is 38.3. The molecule has 0 fully saturated rings. The topological polar surface area (TPSA) is 102 Å². The van der Waals surface area contributed by atoms with Gasteiger partial charge in [0.05, 0.1) is 26.1 Å². The van der Waals surface area contributed by atoms with E-state index < -0.39 is 29.7 Å². The maximum Gasteiger partial charge on any atom is 0.341 e. The minimum absolute atomic E-state index is 0.313. The Labute approximate surface area is 183 Å². The van der Waals surface area contributed by atoms with E-state index in [1.807, 2.05) is 24.3 Å². The molecule has 0 radical (unpaired) electrons. The van der Waals surface area contributed by atoms with Crippen molar-refractivity contribution in [2.24, 2.45) is 11.8 Å². The van der Waals surface area contributed by atoms with Gasteiger partial charge in [-0.3, -0.25) is 9.59 Å². The van der Waals surface area contributed by atoms with Gasteiger partial charge in [-0.25, -0.2) is 4.79 Å². The molecular formula is C23H23NO6S. The summed E-state index contributed by atoms with van der Waals surface area (Å²) in [5.41, 5.74) is 3.08. The van der Waals surface area contributed by atoms with Gasteiger partial charge in [0.25, 0.3) is 0 Å². The number of carboxylic acid groups (broad SMARTS) is 1. The number of fused-ring (bicyclic) bond motifs is 3. The van der Waals surface area contributed by atoms with Crippen molar-refractivity contribution < 1.29 is 29.0 Å². The van der Waals surface area contributed by atoms with Gasteiger partial charge in [-0.15, -0.1) is 11.3 Å². The zero-order valence-electron chi connectivity index (χ0n) is 17.3. The number of aliphatic carboxylic acids is 1. The summed E-state index contributed by atoms with van der Waals surface area (Å²) < 4.78 is 10.4. The smallest absolute Gasteiger partial charge is 0.341 e. The average Bonchev–Trinajstić information content (AvgIpc) is 3.16. The standard InChI is InChI=1S/C23H23NO6S/c1-29-13-8-9-14-12(11-13)7-10-17-18(14)19(23(28)30-2)21(31-17)24-20(25)15-5-3-4-6-16(15)22(26)27/h3-4,8-9,11,15-16H,5-7,10H2,1-2H3,(H,24,25)(H,26,27)/t15-,16-/m1/s1. The van der Waals surface area contributed by atoms with Crippen molar-refractivity contribution in [3.63, 3.8) is 0 Å². The van der Waals surface area contributed by atoms with Gasteiger partial charge in [-0.1, -0.05) is 18.2 Å². The van der Waals surface area contributed by atoms with Crippen molar-refractivity contribution in [3.8, 4) is 16.9 Å². The summed E-state index contributed by atoms with van der Waals surface area (Å²) in [7, 11) is 2.92. The van der Waals surface area contributed by atoms with Crippen molar-refractivity contribution in [3.05, 3.63) is 46.4 Å². The predicted octanol–water partition coefficient (Wildman–Crippen LogP) is 3.91. The molecule has 31 heavy (non-hydrogen) atoms. The SMILES string of the molecule is COC(=O)c1c(NC(=O)[C@@H]2CC=CC[C@H]2C(=O)O)sc2c1-c1ccc(OC)cc1CC2. The van der Waals surface area contributed by atoms with Crippen LogP contribution in [0.15, 0.2) is 30.4 Å². The van der Waals surface area contributed by atoms with Gasteiger partial charge in [0.1, 0.15) is 16.3 Å². The molecule has 1 heterocycles. The fourth-order valence-electron chi connectivity index (χ4n) is 4.30. The molecule has 1 aromatic carbocycles. The first kappa shape index (κ1) is 21.1. The Hall–Kier alpha value is -3.13. The van der Waals surface area contributed by atoms with Crippen LogP contribution < -0.4 is 10.1 Å². The van der Waals surface area contributed by atoms with E-state index in [-0.39, 0.29) is 0 Å². The van der Waals surface area contributed by atoms with Crippen LogP contribution in [0.1, 0.15) is 33.6 Å². The quantitative estimate of drug-likeness (QED) is 0.539. The second-order valence-corrected chi connectivity index (χ2v) is 8.71. The predicted molar refractivity (Wildman–Crippen MR) is 117 cm³/mol. The summed E-state index contributed by atoms with van der Waals surface area (Å²) in [5, 5.41) is 12.7. The maximum atomic E-state index is 13.0. The van der Waals surface area contributed by atoms with Crippen molar-refractivity contribution in [2.75, 3.05) is 19.5 Å². The Morgan fingerprint density at radius 2 is 1.84 bits per heavy atom. The highest BCUT2D eigenvalue weighted by Gasteiger charge is 2.36. The number of methoxy groups -OCH3 is 2. The zero-order valence-corrected chi connectivity index (χ0v) is 18.1. The number of hydrogen-bond donors (Lipinski definition) is 2. The summed E-state index contributed by atoms with van der Waals surface area (Å²) in [6.07, 6.45) is 5.80. The molecule has 8 heteroatoms. The molecule has 2 N–H and O–H groups in total. The molecule has 2 aromatic rings. The number of hydrogen-bond acceptors (Lipinski definition) is 6. The molecule has 2 atom stereocenters. The normalized spacial score (nSPS) is 19.2. The van der Waals surface area contributed by atoms with E-state index in [9.17, 15) is 19.5 Å². The average molecular weight is 442 g/mol. The maximum absolute atomic E-state index is 13.0. The minimum Gasteiger partial charge on any atom is -0.497 e. The third-order valence-electron chi connectivity index (χ3n) is 5.90. The zero-order chi connectivity index (χ0) is 22.1. The fraction of sp³-hybridized carbons (Fsp3) is 0.348. The van der Waals surface area contributed by atoms with Gasteiger partial charge in [-0.2, -0.15) is 0 Å². The number of ether oxygens (including phenoxy) is 2. The molecule has 0 saturated carbocycles. The van der Waals surface area contributed by atoms with E-state index in [4.69, 9.17) is 9.47 Å². The fourth-order valence-corrected chi connectivity index (χ4v) is 5.51. The summed E-state index contributed by atoms with van der Waals surface area (Å²) in [6, 6.07) is 5.72. The molecule has 4 rings (SSSR count). The highest BCUT2D eigenvalue weighted by atomic mass is 32.1. The first-order valence-electron chi connectivity index (χ1n) is 10.0. The lowest BCUT2D eigenvalue weighted by Gasteiger charge is -2.24. The van der Waals surface area contributed by atoms with Crippen LogP contribution >= 0.6 is 11.3 Å². The molecule has 162 valence electrons. The minimum atomic E-state index is -0.994. The Balaban J connectivity index is 1.73. The molecule has 0 bridgehead atoms. The van der Waals surface area contributed by atoms with Crippen LogP contribution in [-0.2, 0) is 27.2 Å². The van der Waals surface area contributed by atoms with E-state index in [0.29, 0.717) is 23.4 Å². The highest BCUT2D eigenvalue weighted by molar-refractivity contribution is 7.17. The van der Waals surface area contributed by atoms with Crippen LogP contribution in [0.2, 0.25) is 0 Å². The number of allylic oxidation sites excluding steroid dienone is 2. The monoisotopic (exact) mass is 441 g/mol. The number of benzene rings is 1. The molecule has 0 spiro atoms. The molecule has 0 unspecified atom stereocenters. The van der Waals surface area contributed by atoms with Crippen LogP contribution in [0.25, 0.3) is 11.1 Å². The first-order valence-corrected chi connectivity index (χ1v) is 10.9. The molecule has 1 aromatic heterocycles. The summed E-state index contributed by atoms with van der Waals surface area (Å²) in [5.74, 6) is -2.65. The van der Waals surface area contributed by atoms with Crippen molar-refractivity contribution in [1.29, 1.82) is 0 Å².